The van der Waals surface area contributed by atoms with Gasteiger partial charge < -0.3 is 15.2 Å². The van der Waals surface area contributed by atoms with Crippen LogP contribution in [-0.4, -0.2) is 43.8 Å². The van der Waals surface area contributed by atoms with E-state index in [0.29, 0.717) is 29.8 Å². The molecule has 1 atom stereocenters. The zero-order valence-electron chi connectivity index (χ0n) is 14.2. The third-order valence-electron chi connectivity index (χ3n) is 4.80. The van der Waals surface area contributed by atoms with Gasteiger partial charge in [-0.05, 0) is 42.5 Å². The molecule has 1 saturated carbocycles. The number of rotatable bonds is 5. The molecule has 3 heterocycles. The maximum absolute atomic E-state index is 12.9. The summed E-state index contributed by atoms with van der Waals surface area (Å²) in [6.45, 7) is 0. The number of hydrogen-bond donors (Lipinski definition) is 2. The summed E-state index contributed by atoms with van der Waals surface area (Å²) in [6, 6.07) is 5.09. The summed E-state index contributed by atoms with van der Waals surface area (Å²) in [4.78, 5) is 17.1. The standard InChI is InChI=1S/C18H19N5O3/c1-26-14-7-12(8-19-9-14)16(11-5-13(24)6-11)21-18(25)15-3-2-4-23-10-20-22-17(15)23/h2-4,7-11,13,16,24H,5-6H2,1H3,(H,21,25). The highest BCUT2D eigenvalue weighted by Gasteiger charge is 2.36. The van der Waals surface area contributed by atoms with Crippen molar-refractivity contribution in [3.63, 3.8) is 0 Å². The molecule has 0 bridgehead atoms. The minimum Gasteiger partial charge on any atom is -0.495 e. The molecule has 26 heavy (non-hydrogen) atoms. The number of fused-ring (bicyclic) bond motifs is 1. The van der Waals surface area contributed by atoms with Crippen LogP contribution in [0.2, 0.25) is 0 Å². The van der Waals surface area contributed by atoms with Crippen molar-refractivity contribution in [2.45, 2.75) is 25.0 Å². The van der Waals surface area contributed by atoms with Crippen LogP contribution in [0.15, 0.2) is 43.1 Å². The van der Waals surface area contributed by atoms with Crippen LogP contribution < -0.4 is 10.1 Å². The van der Waals surface area contributed by atoms with E-state index in [1.54, 1.807) is 48.6 Å². The predicted octanol–water partition coefficient (Wildman–Crippen LogP) is 1.37. The van der Waals surface area contributed by atoms with E-state index in [2.05, 4.69) is 20.5 Å². The third-order valence-corrected chi connectivity index (χ3v) is 4.80. The quantitative estimate of drug-likeness (QED) is 0.718. The average molecular weight is 353 g/mol. The van der Waals surface area contributed by atoms with E-state index in [-0.39, 0.29) is 24.0 Å². The number of nitrogens with one attached hydrogen (secondary N) is 1. The van der Waals surface area contributed by atoms with Gasteiger partial charge in [0.25, 0.3) is 5.91 Å². The lowest BCUT2D eigenvalue weighted by atomic mass is 9.75. The Morgan fingerprint density at radius 1 is 1.42 bits per heavy atom. The summed E-state index contributed by atoms with van der Waals surface area (Å²) in [5, 5.41) is 20.7. The number of pyridine rings is 2. The summed E-state index contributed by atoms with van der Waals surface area (Å²) >= 11 is 0. The minimum atomic E-state index is -0.321. The molecule has 4 rings (SSSR count). The number of hydrogen-bond acceptors (Lipinski definition) is 6. The van der Waals surface area contributed by atoms with Crippen molar-refractivity contribution in [1.29, 1.82) is 0 Å². The molecule has 3 aromatic heterocycles. The molecule has 8 heteroatoms. The van der Waals surface area contributed by atoms with Gasteiger partial charge in [-0.1, -0.05) is 0 Å². The molecular weight excluding hydrogens is 334 g/mol. The topological polar surface area (TPSA) is 102 Å². The Morgan fingerprint density at radius 3 is 3.04 bits per heavy atom. The van der Waals surface area contributed by atoms with Gasteiger partial charge in [0, 0.05) is 12.4 Å². The lowest BCUT2D eigenvalue weighted by molar-refractivity contribution is 0.0234. The smallest absolute Gasteiger partial charge is 0.255 e. The molecule has 1 fully saturated rings. The molecule has 1 aliphatic rings. The molecule has 1 unspecified atom stereocenters. The molecule has 2 N–H and O–H groups in total. The minimum absolute atomic E-state index is 0.139. The van der Waals surface area contributed by atoms with Gasteiger partial charge >= 0.3 is 0 Å². The fraction of sp³-hybridized carbons (Fsp3) is 0.333. The first kappa shape index (κ1) is 16.5. The molecule has 0 aliphatic heterocycles. The van der Waals surface area contributed by atoms with Crippen LogP contribution in [0.3, 0.4) is 0 Å². The zero-order chi connectivity index (χ0) is 18.1. The second kappa shape index (κ2) is 6.72. The number of aromatic nitrogens is 4. The van der Waals surface area contributed by atoms with Crippen molar-refractivity contribution < 1.29 is 14.6 Å². The summed E-state index contributed by atoms with van der Waals surface area (Å²) in [7, 11) is 1.58. The van der Waals surface area contributed by atoms with Crippen molar-refractivity contribution in [2.75, 3.05) is 7.11 Å². The van der Waals surface area contributed by atoms with E-state index in [9.17, 15) is 9.90 Å². The van der Waals surface area contributed by atoms with Gasteiger partial charge in [-0.3, -0.25) is 14.2 Å². The van der Waals surface area contributed by atoms with Gasteiger partial charge in [-0.2, -0.15) is 0 Å². The van der Waals surface area contributed by atoms with Crippen molar-refractivity contribution >= 4 is 11.6 Å². The number of carbonyl (C=O) groups excluding carboxylic acids is 1. The van der Waals surface area contributed by atoms with Gasteiger partial charge in [0.1, 0.15) is 12.1 Å². The molecule has 1 amide bonds. The van der Waals surface area contributed by atoms with E-state index < -0.39 is 0 Å². The summed E-state index contributed by atoms with van der Waals surface area (Å²) in [5.41, 5.74) is 1.80. The molecule has 0 spiro atoms. The van der Waals surface area contributed by atoms with Gasteiger partial charge in [-0.25, -0.2) is 0 Å². The predicted molar refractivity (Wildman–Crippen MR) is 92.7 cm³/mol. The highest BCUT2D eigenvalue weighted by atomic mass is 16.5. The van der Waals surface area contributed by atoms with Crippen LogP contribution in [0.1, 0.15) is 34.8 Å². The lowest BCUT2D eigenvalue weighted by Crippen LogP contribution is -2.41. The van der Waals surface area contributed by atoms with Gasteiger partial charge in [0.15, 0.2) is 5.65 Å². The lowest BCUT2D eigenvalue weighted by Gasteiger charge is -2.38. The Balaban J connectivity index is 1.64. The Hall–Kier alpha value is -3.00. The van der Waals surface area contributed by atoms with Crippen molar-refractivity contribution in [1.82, 2.24) is 24.9 Å². The van der Waals surface area contributed by atoms with E-state index in [0.717, 1.165) is 5.56 Å². The SMILES string of the molecule is COc1cncc(C(NC(=O)c2cccn3cnnc23)C2CC(O)C2)c1. The van der Waals surface area contributed by atoms with Gasteiger partial charge in [0.05, 0.1) is 31.0 Å². The Bertz CT molecular complexity index is 935. The Morgan fingerprint density at radius 2 is 2.27 bits per heavy atom. The highest BCUT2D eigenvalue weighted by Crippen LogP contribution is 2.38. The van der Waals surface area contributed by atoms with Crippen LogP contribution >= 0.6 is 0 Å². The summed E-state index contributed by atoms with van der Waals surface area (Å²) in [6.07, 6.45) is 7.63. The number of nitrogens with zero attached hydrogens (tertiary/aromatic N) is 4. The Kier molecular flexibility index (Phi) is 4.26. The van der Waals surface area contributed by atoms with Crippen LogP contribution in [-0.2, 0) is 0 Å². The first-order valence-corrected chi connectivity index (χ1v) is 8.42. The highest BCUT2D eigenvalue weighted by molar-refractivity contribution is 5.99. The van der Waals surface area contributed by atoms with Crippen LogP contribution in [0.25, 0.3) is 5.65 Å². The third kappa shape index (κ3) is 2.99. The molecule has 3 aromatic rings. The van der Waals surface area contributed by atoms with E-state index in [1.807, 2.05) is 6.07 Å². The van der Waals surface area contributed by atoms with Crippen LogP contribution in [0.5, 0.6) is 5.75 Å². The number of ether oxygens (including phenoxy) is 1. The molecular formula is C18H19N5O3. The summed E-state index contributed by atoms with van der Waals surface area (Å²) in [5.74, 6) is 0.527. The fourth-order valence-electron chi connectivity index (χ4n) is 3.34. The molecule has 0 saturated heterocycles. The number of aliphatic hydroxyl groups is 1. The van der Waals surface area contributed by atoms with Crippen LogP contribution in [0, 0.1) is 5.92 Å². The Labute approximate surface area is 149 Å². The number of methoxy groups -OCH3 is 1. The fourth-order valence-corrected chi connectivity index (χ4v) is 3.34. The molecule has 8 nitrogen and oxygen atoms in total. The number of aliphatic hydroxyl groups excluding tert-OH is 1. The zero-order valence-corrected chi connectivity index (χ0v) is 14.2. The first-order valence-electron chi connectivity index (χ1n) is 8.42. The van der Waals surface area contributed by atoms with Crippen molar-refractivity contribution in [3.8, 4) is 5.75 Å². The monoisotopic (exact) mass is 353 g/mol. The molecule has 1 aliphatic carbocycles. The van der Waals surface area contributed by atoms with E-state index >= 15 is 0 Å². The number of amides is 1. The summed E-state index contributed by atoms with van der Waals surface area (Å²) < 4.78 is 6.95. The second-order valence-electron chi connectivity index (χ2n) is 6.48. The molecule has 0 aromatic carbocycles. The van der Waals surface area contributed by atoms with E-state index in [1.165, 1.54) is 0 Å². The maximum atomic E-state index is 12.9. The van der Waals surface area contributed by atoms with Gasteiger partial charge in [0.2, 0.25) is 0 Å². The number of carbonyl (C=O) groups is 1. The van der Waals surface area contributed by atoms with E-state index in [4.69, 9.17) is 4.74 Å². The second-order valence-corrected chi connectivity index (χ2v) is 6.48. The average Bonchev–Trinajstić information content (AvgIpc) is 3.12. The molecule has 0 radical (unpaired) electrons. The largest absolute Gasteiger partial charge is 0.495 e. The van der Waals surface area contributed by atoms with Crippen molar-refractivity contribution in [3.05, 3.63) is 54.2 Å². The van der Waals surface area contributed by atoms with Crippen molar-refractivity contribution in [2.24, 2.45) is 5.92 Å². The first-order chi connectivity index (χ1) is 12.7. The normalized spacial score (nSPS) is 20.4. The van der Waals surface area contributed by atoms with Crippen LogP contribution in [0.4, 0.5) is 0 Å². The molecule has 134 valence electrons. The maximum Gasteiger partial charge on any atom is 0.255 e. The van der Waals surface area contributed by atoms with Gasteiger partial charge in [-0.15, -0.1) is 10.2 Å².